The number of hydrogen-bond acceptors (Lipinski definition) is 3. The predicted octanol–water partition coefficient (Wildman–Crippen LogP) is 1.63. The maximum atomic E-state index is 10.8. The van der Waals surface area contributed by atoms with E-state index >= 15 is 0 Å². The van der Waals surface area contributed by atoms with Crippen molar-refractivity contribution >= 4 is 5.97 Å². The second kappa shape index (κ2) is 4.14. The molecule has 0 amide bonds. The zero-order valence-electron chi connectivity index (χ0n) is 7.50. The van der Waals surface area contributed by atoms with Gasteiger partial charge in [-0.25, -0.2) is 4.79 Å². The first-order valence-electron chi connectivity index (χ1n) is 4.24. The molecule has 0 N–H and O–H groups in total. The third kappa shape index (κ3) is 2.00. The van der Waals surface area contributed by atoms with Crippen LogP contribution in [-0.4, -0.2) is 19.2 Å². The monoisotopic (exact) mass is 170 g/mol. The van der Waals surface area contributed by atoms with E-state index in [0.29, 0.717) is 5.76 Å². The van der Waals surface area contributed by atoms with E-state index in [0.717, 1.165) is 19.3 Å². The SMILES string of the molecule is CCCCC1OC(=O)C=C1OC. The Hall–Kier alpha value is -0.990. The Morgan fingerprint density at radius 3 is 3.00 bits per heavy atom. The van der Waals surface area contributed by atoms with E-state index in [4.69, 9.17) is 9.47 Å². The van der Waals surface area contributed by atoms with Crippen molar-refractivity contribution in [3.8, 4) is 0 Å². The van der Waals surface area contributed by atoms with Gasteiger partial charge in [-0.15, -0.1) is 0 Å². The molecule has 68 valence electrons. The van der Waals surface area contributed by atoms with E-state index in [-0.39, 0.29) is 12.1 Å². The first kappa shape index (κ1) is 9.10. The lowest BCUT2D eigenvalue weighted by atomic mass is 10.1. The Morgan fingerprint density at radius 2 is 2.42 bits per heavy atom. The summed E-state index contributed by atoms with van der Waals surface area (Å²) in [5.41, 5.74) is 0. The highest BCUT2D eigenvalue weighted by molar-refractivity contribution is 5.85. The summed E-state index contributed by atoms with van der Waals surface area (Å²) in [5, 5.41) is 0. The van der Waals surface area contributed by atoms with Crippen molar-refractivity contribution in [2.24, 2.45) is 0 Å². The number of carbonyl (C=O) groups excluding carboxylic acids is 1. The Kier molecular flexibility index (Phi) is 3.14. The second-order valence-corrected chi connectivity index (χ2v) is 2.82. The van der Waals surface area contributed by atoms with Crippen LogP contribution >= 0.6 is 0 Å². The number of methoxy groups -OCH3 is 1. The van der Waals surface area contributed by atoms with Crippen LogP contribution in [-0.2, 0) is 14.3 Å². The highest BCUT2D eigenvalue weighted by Crippen LogP contribution is 2.20. The van der Waals surface area contributed by atoms with Gasteiger partial charge < -0.3 is 9.47 Å². The minimum absolute atomic E-state index is 0.137. The molecule has 0 spiro atoms. The van der Waals surface area contributed by atoms with Crippen LogP contribution in [0.1, 0.15) is 26.2 Å². The Labute approximate surface area is 72.4 Å². The van der Waals surface area contributed by atoms with Gasteiger partial charge in [-0.1, -0.05) is 13.3 Å². The van der Waals surface area contributed by atoms with Crippen molar-refractivity contribution in [3.63, 3.8) is 0 Å². The Bertz CT molecular complexity index is 196. The minimum atomic E-state index is -0.284. The molecule has 1 unspecified atom stereocenters. The molecule has 0 saturated carbocycles. The largest absolute Gasteiger partial charge is 0.497 e. The molecule has 0 bridgehead atoms. The van der Waals surface area contributed by atoms with E-state index in [1.807, 2.05) is 0 Å². The van der Waals surface area contributed by atoms with Crippen LogP contribution in [0.2, 0.25) is 0 Å². The van der Waals surface area contributed by atoms with Gasteiger partial charge in [0.25, 0.3) is 0 Å². The summed E-state index contributed by atoms with van der Waals surface area (Å²) >= 11 is 0. The van der Waals surface area contributed by atoms with Crippen molar-refractivity contribution in [2.45, 2.75) is 32.3 Å². The number of ether oxygens (including phenoxy) is 2. The first-order valence-corrected chi connectivity index (χ1v) is 4.24. The Morgan fingerprint density at radius 1 is 1.67 bits per heavy atom. The standard InChI is InChI=1S/C9H14O3/c1-3-4-5-7-8(11-2)6-9(10)12-7/h6-7H,3-5H2,1-2H3. The number of unbranched alkanes of at least 4 members (excludes halogenated alkanes) is 1. The quantitative estimate of drug-likeness (QED) is 0.601. The van der Waals surface area contributed by atoms with E-state index < -0.39 is 0 Å². The third-order valence-corrected chi connectivity index (χ3v) is 1.89. The number of cyclic esters (lactones) is 1. The third-order valence-electron chi connectivity index (χ3n) is 1.89. The second-order valence-electron chi connectivity index (χ2n) is 2.82. The fraction of sp³-hybridized carbons (Fsp3) is 0.667. The molecule has 0 fully saturated rings. The fourth-order valence-corrected chi connectivity index (χ4v) is 1.22. The van der Waals surface area contributed by atoms with Gasteiger partial charge in [0.2, 0.25) is 0 Å². The summed E-state index contributed by atoms with van der Waals surface area (Å²) in [5.74, 6) is 0.376. The molecule has 3 heteroatoms. The van der Waals surface area contributed by atoms with Crippen molar-refractivity contribution in [1.29, 1.82) is 0 Å². The van der Waals surface area contributed by atoms with Gasteiger partial charge in [0.15, 0.2) is 6.10 Å². The number of hydrogen-bond donors (Lipinski definition) is 0. The molecular formula is C9H14O3. The van der Waals surface area contributed by atoms with Gasteiger partial charge in [-0.05, 0) is 12.8 Å². The van der Waals surface area contributed by atoms with Crippen LogP contribution in [0.5, 0.6) is 0 Å². The van der Waals surface area contributed by atoms with Crippen LogP contribution in [0.3, 0.4) is 0 Å². The molecule has 0 aromatic heterocycles. The van der Waals surface area contributed by atoms with Gasteiger partial charge in [-0.2, -0.15) is 0 Å². The number of esters is 1. The molecule has 0 aromatic carbocycles. The van der Waals surface area contributed by atoms with Gasteiger partial charge >= 0.3 is 5.97 Å². The smallest absolute Gasteiger partial charge is 0.335 e. The predicted molar refractivity (Wildman–Crippen MR) is 44.5 cm³/mol. The van der Waals surface area contributed by atoms with Crippen molar-refractivity contribution < 1.29 is 14.3 Å². The molecule has 0 radical (unpaired) electrons. The van der Waals surface area contributed by atoms with Crippen LogP contribution in [0.15, 0.2) is 11.8 Å². The van der Waals surface area contributed by atoms with Crippen molar-refractivity contribution in [1.82, 2.24) is 0 Å². The van der Waals surface area contributed by atoms with Crippen molar-refractivity contribution in [3.05, 3.63) is 11.8 Å². The molecule has 1 aliphatic rings. The summed E-state index contributed by atoms with van der Waals surface area (Å²) in [6.45, 7) is 2.10. The lowest BCUT2D eigenvalue weighted by molar-refractivity contribution is -0.139. The van der Waals surface area contributed by atoms with Gasteiger partial charge in [-0.3, -0.25) is 0 Å². The maximum Gasteiger partial charge on any atom is 0.335 e. The minimum Gasteiger partial charge on any atom is -0.497 e. The van der Waals surface area contributed by atoms with E-state index in [1.165, 1.54) is 6.08 Å². The number of rotatable bonds is 4. The molecule has 12 heavy (non-hydrogen) atoms. The molecule has 1 heterocycles. The summed E-state index contributed by atoms with van der Waals surface area (Å²) in [6.07, 6.45) is 4.30. The van der Waals surface area contributed by atoms with Crippen molar-refractivity contribution in [2.75, 3.05) is 7.11 Å². The Balaban J connectivity index is 2.45. The first-order chi connectivity index (χ1) is 5.77. The summed E-state index contributed by atoms with van der Waals surface area (Å²) in [6, 6.07) is 0. The average molecular weight is 170 g/mol. The molecule has 1 atom stereocenters. The van der Waals surface area contributed by atoms with Crippen LogP contribution in [0, 0.1) is 0 Å². The molecule has 1 rings (SSSR count). The summed E-state index contributed by atoms with van der Waals surface area (Å²) < 4.78 is 10.0. The number of carbonyl (C=O) groups is 1. The fourth-order valence-electron chi connectivity index (χ4n) is 1.22. The highest BCUT2D eigenvalue weighted by atomic mass is 16.6. The lowest BCUT2D eigenvalue weighted by Gasteiger charge is -2.11. The molecular weight excluding hydrogens is 156 g/mol. The maximum absolute atomic E-state index is 10.8. The normalized spacial score (nSPS) is 22.0. The van der Waals surface area contributed by atoms with Crippen LogP contribution < -0.4 is 0 Å². The molecule has 1 aliphatic heterocycles. The molecule has 0 saturated heterocycles. The van der Waals surface area contributed by atoms with Gasteiger partial charge in [0.1, 0.15) is 5.76 Å². The molecule has 3 nitrogen and oxygen atoms in total. The van der Waals surface area contributed by atoms with E-state index in [2.05, 4.69) is 6.92 Å². The lowest BCUT2D eigenvalue weighted by Crippen LogP contribution is -2.12. The summed E-state index contributed by atoms with van der Waals surface area (Å²) in [7, 11) is 1.56. The van der Waals surface area contributed by atoms with Crippen LogP contribution in [0.4, 0.5) is 0 Å². The highest BCUT2D eigenvalue weighted by Gasteiger charge is 2.26. The topological polar surface area (TPSA) is 35.5 Å². The zero-order valence-corrected chi connectivity index (χ0v) is 7.50. The van der Waals surface area contributed by atoms with Gasteiger partial charge in [0, 0.05) is 0 Å². The molecule has 0 aromatic rings. The molecule has 0 aliphatic carbocycles. The van der Waals surface area contributed by atoms with Crippen LogP contribution in [0.25, 0.3) is 0 Å². The summed E-state index contributed by atoms with van der Waals surface area (Å²) in [4.78, 5) is 10.8. The van der Waals surface area contributed by atoms with E-state index in [9.17, 15) is 4.79 Å². The zero-order chi connectivity index (χ0) is 8.97. The van der Waals surface area contributed by atoms with Gasteiger partial charge in [0.05, 0.1) is 13.2 Å². The van der Waals surface area contributed by atoms with E-state index in [1.54, 1.807) is 7.11 Å². The average Bonchev–Trinajstić information content (AvgIpc) is 2.42.